The third kappa shape index (κ3) is 2.85. The number of rotatable bonds is 2. The number of benzene rings is 1. The fraction of sp³-hybridized carbons (Fsp3) is 0.500. The highest BCUT2D eigenvalue weighted by atomic mass is 79.9. The maximum atomic E-state index is 8.88. The molecule has 0 radical (unpaired) electrons. The van der Waals surface area contributed by atoms with Crippen molar-refractivity contribution in [2.24, 2.45) is 0 Å². The van der Waals surface area contributed by atoms with Gasteiger partial charge >= 0.3 is 0 Å². The summed E-state index contributed by atoms with van der Waals surface area (Å²) in [6.45, 7) is 2.31. The average molecular weight is 308 g/mol. The van der Waals surface area contributed by atoms with Crippen molar-refractivity contribution in [3.8, 4) is 6.07 Å². The molecule has 0 spiro atoms. The van der Waals surface area contributed by atoms with Gasteiger partial charge in [0.05, 0.1) is 17.3 Å². The van der Waals surface area contributed by atoms with Gasteiger partial charge < -0.3 is 9.80 Å². The molecule has 1 heterocycles. The summed E-state index contributed by atoms with van der Waals surface area (Å²) in [4.78, 5) is 4.70. The first-order valence-electron chi connectivity index (χ1n) is 6.23. The van der Waals surface area contributed by atoms with Crippen LogP contribution in [0.3, 0.4) is 0 Å². The molecular weight excluding hydrogens is 290 g/mol. The average Bonchev–Trinajstić information content (AvgIpc) is 2.38. The predicted molar refractivity (Wildman–Crippen MR) is 77.8 cm³/mol. The van der Waals surface area contributed by atoms with Crippen LogP contribution in [-0.2, 0) is 0 Å². The number of nitrogens with zero attached hydrogens (tertiary/aromatic N) is 3. The van der Waals surface area contributed by atoms with Crippen molar-refractivity contribution in [2.45, 2.75) is 18.9 Å². The number of nitriles is 1. The van der Waals surface area contributed by atoms with E-state index in [1.807, 2.05) is 18.2 Å². The van der Waals surface area contributed by atoms with Crippen molar-refractivity contribution in [3.63, 3.8) is 0 Å². The molecular formula is C14H18BrN3. The number of hydrogen-bond donors (Lipinski definition) is 0. The highest BCUT2D eigenvalue weighted by molar-refractivity contribution is 9.10. The zero-order valence-electron chi connectivity index (χ0n) is 10.9. The minimum Gasteiger partial charge on any atom is -0.371 e. The standard InChI is InChI=1S/C14H18BrN3/c1-17-7-5-12(6-8-17)18(2)14-4-3-11(10-16)9-13(14)15/h3-4,9,12H,5-8H2,1-2H3. The molecule has 0 saturated carbocycles. The van der Waals surface area contributed by atoms with Crippen molar-refractivity contribution in [1.29, 1.82) is 5.26 Å². The molecule has 1 aromatic carbocycles. The summed E-state index contributed by atoms with van der Waals surface area (Å²) in [5, 5.41) is 8.88. The van der Waals surface area contributed by atoms with Crippen molar-refractivity contribution in [1.82, 2.24) is 4.90 Å². The van der Waals surface area contributed by atoms with Crippen LogP contribution in [0.1, 0.15) is 18.4 Å². The second kappa shape index (κ2) is 5.73. The second-order valence-electron chi connectivity index (χ2n) is 4.92. The maximum Gasteiger partial charge on any atom is 0.0992 e. The van der Waals surface area contributed by atoms with Crippen LogP contribution in [0.15, 0.2) is 22.7 Å². The molecule has 0 aromatic heterocycles. The van der Waals surface area contributed by atoms with E-state index in [0.717, 1.165) is 17.6 Å². The summed E-state index contributed by atoms with van der Waals surface area (Å²) in [7, 11) is 4.32. The highest BCUT2D eigenvalue weighted by Crippen LogP contribution is 2.30. The van der Waals surface area contributed by atoms with Gasteiger partial charge in [-0.3, -0.25) is 0 Å². The Morgan fingerprint density at radius 3 is 2.61 bits per heavy atom. The summed E-state index contributed by atoms with van der Waals surface area (Å²) < 4.78 is 1.00. The summed E-state index contributed by atoms with van der Waals surface area (Å²) in [6, 6.07) is 8.55. The summed E-state index contributed by atoms with van der Waals surface area (Å²) in [5.74, 6) is 0. The van der Waals surface area contributed by atoms with Gasteiger partial charge in [0, 0.05) is 17.6 Å². The fourth-order valence-electron chi connectivity index (χ4n) is 2.44. The van der Waals surface area contributed by atoms with Crippen molar-refractivity contribution in [2.75, 3.05) is 32.1 Å². The molecule has 0 unspecified atom stereocenters. The van der Waals surface area contributed by atoms with Crippen LogP contribution in [0.25, 0.3) is 0 Å². The molecule has 0 amide bonds. The van der Waals surface area contributed by atoms with Gasteiger partial charge in [0.15, 0.2) is 0 Å². The molecule has 4 heteroatoms. The van der Waals surface area contributed by atoms with Crippen molar-refractivity contribution < 1.29 is 0 Å². The van der Waals surface area contributed by atoms with Gasteiger partial charge in [-0.2, -0.15) is 5.26 Å². The highest BCUT2D eigenvalue weighted by Gasteiger charge is 2.21. The van der Waals surface area contributed by atoms with Gasteiger partial charge in [-0.1, -0.05) is 0 Å². The first-order chi connectivity index (χ1) is 8.61. The molecule has 3 nitrogen and oxygen atoms in total. The Morgan fingerprint density at radius 1 is 1.39 bits per heavy atom. The lowest BCUT2D eigenvalue weighted by atomic mass is 10.0. The van der Waals surface area contributed by atoms with Crippen LogP contribution in [0, 0.1) is 11.3 Å². The Bertz CT molecular complexity index is 459. The van der Waals surface area contributed by atoms with Crippen molar-refractivity contribution in [3.05, 3.63) is 28.2 Å². The number of anilines is 1. The van der Waals surface area contributed by atoms with Gasteiger partial charge in [0.1, 0.15) is 0 Å². The van der Waals surface area contributed by atoms with E-state index in [-0.39, 0.29) is 0 Å². The normalized spacial score (nSPS) is 17.4. The summed E-state index contributed by atoms with van der Waals surface area (Å²) in [6.07, 6.45) is 2.39. The molecule has 96 valence electrons. The van der Waals surface area contributed by atoms with E-state index >= 15 is 0 Å². The molecule has 1 fully saturated rings. The molecule has 2 rings (SSSR count). The van der Waals surface area contributed by atoms with E-state index in [0.29, 0.717) is 11.6 Å². The number of halogens is 1. The van der Waals surface area contributed by atoms with Crippen LogP contribution in [0.4, 0.5) is 5.69 Å². The monoisotopic (exact) mass is 307 g/mol. The third-order valence-corrected chi connectivity index (χ3v) is 4.33. The number of piperidine rings is 1. The minimum atomic E-state index is 0.588. The molecule has 0 aliphatic carbocycles. The smallest absolute Gasteiger partial charge is 0.0992 e. The largest absolute Gasteiger partial charge is 0.371 e. The molecule has 1 aliphatic heterocycles. The maximum absolute atomic E-state index is 8.88. The zero-order chi connectivity index (χ0) is 13.1. The van der Waals surface area contributed by atoms with Gasteiger partial charge in [-0.25, -0.2) is 0 Å². The first kappa shape index (κ1) is 13.4. The van der Waals surface area contributed by atoms with Gasteiger partial charge in [-0.15, -0.1) is 0 Å². The summed E-state index contributed by atoms with van der Waals surface area (Å²) in [5.41, 5.74) is 1.87. The Labute approximate surface area is 117 Å². The quantitative estimate of drug-likeness (QED) is 0.841. The van der Waals surface area contributed by atoms with E-state index in [1.165, 1.54) is 18.5 Å². The van der Waals surface area contributed by atoms with Crippen LogP contribution in [0.5, 0.6) is 0 Å². The van der Waals surface area contributed by atoms with Crippen LogP contribution >= 0.6 is 15.9 Å². The van der Waals surface area contributed by atoms with E-state index < -0.39 is 0 Å². The molecule has 1 aromatic rings. The Hall–Kier alpha value is -1.05. The SMILES string of the molecule is CN1CCC(N(C)c2ccc(C#N)cc2Br)CC1. The van der Waals surface area contributed by atoms with E-state index in [4.69, 9.17) is 5.26 Å². The van der Waals surface area contributed by atoms with Gasteiger partial charge in [0.25, 0.3) is 0 Å². The third-order valence-electron chi connectivity index (χ3n) is 3.69. The van der Waals surface area contributed by atoms with Gasteiger partial charge in [-0.05, 0) is 67.1 Å². The topological polar surface area (TPSA) is 30.3 Å². The molecule has 18 heavy (non-hydrogen) atoms. The minimum absolute atomic E-state index is 0.588. The fourth-order valence-corrected chi connectivity index (χ4v) is 3.10. The summed E-state index contributed by atoms with van der Waals surface area (Å²) >= 11 is 3.56. The van der Waals surface area contributed by atoms with Gasteiger partial charge in [0.2, 0.25) is 0 Å². The van der Waals surface area contributed by atoms with Crippen LogP contribution in [0.2, 0.25) is 0 Å². The van der Waals surface area contributed by atoms with Crippen molar-refractivity contribution >= 4 is 21.6 Å². The van der Waals surface area contributed by atoms with Crippen LogP contribution < -0.4 is 4.90 Å². The predicted octanol–water partition coefficient (Wildman–Crippen LogP) is 2.85. The Morgan fingerprint density at radius 2 is 2.06 bits per heavy atom. The zero-order valence-corrected chi connectivity index (χ0v) is 12.4. The van der Waals surface area contributed by atoms with E-state index in [2.05, 4.69) is 45.9 Å². The Balaban J connectivity index is 2.14. The first-order valence-corrected chi connectivity index (χ1v) is 7.02. The lowest BCUT2D eigenvalue weighted by Gasteiger charge is -2.36. The number of likely N-dealkylation sites (tertiary alicyclic amines) is 1. The second-order valence-corrected chi connectivity index (χ2v) is 5.78. The molecule has 1 saturated heterocycles. The van der Waals surface area contributed by atoms with E-state index in [1.54, 1.807) is 0 Å². The number of hydrogen-bond acceptors (Lipinski definition) is 3. The van der Waals surface area contributed by atoms with E-state index in [9.17, 15) is 0 Å². The molecule has 0 bridgehead atoms. The molecule has 1 aliphatic rings. The lowest BCUT2D eigenvalue weighted by molar-refractivity contribution is 0.253. The lowest BCUT2D eigenvalue weighted by Crippen LogP contribution is -2.42. The molecule has 0 N–H and O–H groups in total. The van der Waals surface area contributed by atoms with Crippen LogP contribution in [-0.4, -0.2) is 38.1 Å². The molecule has 0 atom stereocenters. The Kier molecular flexibility index (Phi) is 4.26.